The van der Waals surface area contributed by atoms with Crippen molar-refractivity contribution in [2.45, 2.75) is 6.92 Å². The highest BCUT2D eigenvalue weighted by atomic mass is 79.9. The predicted octanol–water partition coefficient (Wildman–Crippen LogP) is 3.20. The second-order valence-electron chi connectivity index (χ2n) is 1.65. The van der Waals surface area contributed by atoms with Gasteiger partial charge in [-0.05, 0) is 18.8 Å². The van der Waals surface area contributed by atoms with E-state index in [0.717, 1.165) is 10.2 Å². The van der Waals surface area contributed by atoms with Crippen LogP contribution in [-0.4, -0.2) is 12.0 Å². The minimum Gasteiger partial charge on any atom is -0.161 e. The number of halogens is 1. The van der Waals surface area contributed by atoms with Gasteiger partial charge in [-0.3, -0.25) is 0 Å². The zero-order valence-electron chi connectivity index (χ0n) is 5.78. The highest BCUT2D eigenvalue weighted by Crippen LogP contribution is 2.17. The molecule has 0 spiro atoms. The second-order valence-corrected chi connectivity index (χ2v) is 3.48. The first-order valence-corrected chi connectivity index (χ1v) is 4.90. The van der Waals surface area contributed by atoms with Crippen LogP contribution in [0.4, 0.5) is 0 Å². The first kappa shape index (κ1) is 9.31. The van der Waals surface area contributed by atoms with Crippen molar-refractivity contribution in [2.24, 2.45) is 0 Å². The summed E-state index contributed by atoms with van der Waals surface area (Å²) in [7, 11) is 0. The maximum absolute atomic E-state index is 3.78. The molecule has 0 bridgehead atoms. The summed E-state index contributed by atoms with van der Waals surface area (Å²) in [6, 6.07) is 0. The number of allylic oxidation sites excluding steroid dienone is 2. The van der Waals surface area contributed by atoms with Crippen LogP contribution in [0.1, 0.15) is 6.92 Å². The maximum Gasteiger partial charge on any atom is 0.0189 e. The van der Waals surface area contributed by atoms with Crippen molar-refractivity contribution in [3.05, 3.63) is 22.7 Å². The van der Waals surface area contributed by atoms with Crippen molar-refractivity contribution in [1.29, 1.82) is 0 Å². The van der Waals surface area contributed by atoms with E-state index < -0.39 is 0 Å². The van der Waals surface area contributed by atoms with E-state index >= 15 is 0 Å². The standard InChI is InChI=1S/C7H11BrS/c1-4-7(5-9-3)6(2)8/h4H,2,5H2,1,3H3/b7-4-. The van der Waals surface area contributed by atoms with Crippen molar-refractivity contribution in [2.75, 3.05) is 12.0 Å². The zero-order valence-corrected chi connectivity index (χ0v) is 8.18. The van der Waals surface area contributed by atoms with Gasteiger partial charge in [0.2, 0.25) is 0 Å². The van der Waals surface area contributed by atoms with Gasteiger partial charge in [0.05, 0.1) is 0 Å². The second kappa shape index (κ2) is 5.12. The van der Waals surface area contributed by atoms with Crippen molar-refractivity contribution in [3.63, 3.8) is 0 Å². The van der Waals surface area contributed by atoms with Crippen molar-refractivity contribution >= 4 is 27.7 Å². The fraction of sp³-hybridized carbons (Fsp3) is 0.429. The van der Waals surface area contributed by atoms with Gasteiger partial charge in [-0.25, -0.2) is 0 Å². The van der Waals surface area contributed by atoms with Gasteiger partial charge in [0.1, 0.15) is 0 Å². The molecule has 0 aliphatic heterocycles. The minimum atomic E-state index is 0.999. The van der Waals surface area contributed by atoms with Crippen LogP contribution in [0.15, 0.2) is 22.7 Å². The SMILES string of the molecule is C=C(Br)/C(=C\C)CSC. The molecular formula is C7H11BrS. The van der Waals surface area contributed by atoms with E-state index in [1.54, 1.807) is 11.8 Å². The third-order valence-corrected chi connectivity index (χ3v) is 2.11. The van der Waals surface area contributed by atoms with Gasteiger partial charge in [-0.2, -0.15) is 11.8 Å². The third-order valence-electron chi connectivity index (χ3n) is 0.997. The predicted molar refractivity (Wildman–Crippen MR) is 50.2 cm³/mol. The fourth-order valence-corrected chi connectivity index (χ4v) is 1.68. The Morgan fingerprint density at radius 2 is 2.33 bits per heavy atom. The summed E-state index contributed by atoms with van der Waals surface area (Å²) in [6.45, 7) is 5.81. The normalized spacial score (nSPS) is 11.7. The van der Waals surface area contributed by atoms with E-state index in [1.165, 1.54) is 5.57 Å². The number of thioether (sulfide) groups is 1. The summed E-state index contributed by atoms with van der Waals surface area (Å²) in [5.41, 5.74) is 1.28. The Hall–Kier alpha value is 0.310. The molecule has 0 aromatic rings. The van der Waals surface area contributed by atoms with Crippen LogP contribution in [0.2, 0.25) is 0 Å². The van der Waals surface area contributed by atoms with E-state index in [4.69, 9.17) is 0 Å². The number of hydrogen-bond donors (Lipinski definition) is 0. The lowest BCUT2D eigenvalue weighted by Gasteiger charge is -1.99. The molecule has 0 aliphatic carbocycles. The summed E-state index contributed by atoms with van der Waals surface area (Å²) < 4.78 is 0.999. The molecule has 2 heteroatoms. The molecule has 0 aromatic carbocycles. The summed E-state index contributed by atoms with van der Waals surface area (Å²) in [5.74, 6) is 1.04. The zero-order chi connectivity index (χ0) is 7.28. The Balaban J connectivity index is 3.85. The molecule has 0 radical (unpaired) electrons. The van der Waals surface area contributed by atoms with Crippen molar-refractivity contribution in [1.82, 2.24) is 0 Å². The quantitative estimate of drug-likeness (QED) is 0.640. The average molecular weight is 207 g/mol. The van der Waals surface area contributed by atoms with Gasteiger partial charge in [0.15, 0.2) is 0 Å². The van der Waals surface area contributed by atoms with Crippen molar-refractivity contribution < 1.29 is 0 Å². The van der Waals surface area contributed by atoms with Crippen LogP contribution in [-0.2, 0) is 0 Å². The molecule has 9 heavy (non-hydrogen) atoms. The molecule has 0 saturated carbocycles. The first-order valence-electron chi connectivity index (χ1n) is 2.71. The lowest BCUT2D eigenvalue weighted by molar-refractivity contribution is 1.49. The van der Waals surface area contributed by atoms with Crippen molar-refractivity contribution in [3.8, 4) is 0 Å². The summed E-state index contributed by atoms with van der Waals surface area (Å²) in [4.78, 5) is 0. The summed E-state index contributed by atoms with van der Waals surface area (Å²) in [6.07, 6.45) is 4.16. The van der Waals surface area contributed by atoms with Gasteiger partial charge in [-0.15, -0.1) is 0 Å². The molecule has 0 unspecified atom stereocenters. The topological polar surface area (TPSA) is 0 Å². The van der Waals surface area contributed by atoms with Gasteiger partial charge in [0, 0.05) is 10.2 Å². The third kappa shape index (κ3) is 3.82. The molecule has 0 amide bonds. The van der Waals surface area contributed by atoms with E-state index in [0.29, 0.717) is 0 Å². The van der Waals surface area contributed by atoms with Gasteiger partial charge in [0.25, 0.3) is 0 Å². The number of rotatable bonds is 3. The molecule has 0 rings (SSSR count). The van der Waals surface area contributed by atoms with E-state index in [1.807, 2.05) is 6.92 Å². The highest BCUT2D eigenvalue weighted by Gasteiger charge is 1.94. The molecule has 0 aromatic heterocycles. The molecular weight excluding hydrogens is 196 g/mol. The minimum absolute atomic E-state index is 0.999. The van der Waals surface area contributed by atoms with Gasteiger partial charge >= 0.3 is 0 Å². The summed E-state index contributed by atoms with van der Waals surface area (Å²) >= 11 is 5.13. The lowest BCUT2D eigenvalue weighted by Crippen LogP contribution is -1.83. The van der Waals surface area contributed by atoms with Crippen LogP contribution in [0.25, 0.3) is 0 Å². The van der Waals surface area contributed by atoms with Crippen LogP contribution in [0, 0.1) is 0 Å². The Labute approximate surface area is 69.5 Å². The molecule has 0 fully saturated rings. The monoisotopic (exact) mass is 206 g/mol. The van der Waals surface area contributed by atoms with Crippen LogP contribution >= 0.6 is 27.7 Å². The van der Waals surface area contributed by atoms with Crippen LogP contribution in [0.3, 0.4) is 0 Å². The molecule has 0 atom stereocenters. The Bertz CT molecular complexity index is 127. The highest BCUT2D eigenvalue weighted by molar-refractivity contribution is 9.11. The van der Waals surface area contributed by atoms with E-state index in [9.17, 15) is 0 Å². The molecule has 0 nitrogen and oxygen atoms in total. The molecule has 52 valence electrons. The van der Waals surface area contributed by atoms with Gasteiger partial charge < -0.3 is 0 Å². The van der Waals surface area contributed by atoms with Crippen LogP contribution < -0.4 is 0 Å². The van der Waals surface area contributed by atoms with E-state index in [2.05, 4.69) is 34.8 Å². The fourth-order valence-electron chi connectivity index (χ4n) is 0.474. The van der Waals surface area contributed by atoms with Gasteiger partial charge in [-0.1, -0.05) is 28.6 Å². The smallest absolute Gasteiger partial charge is 0.0189 e. The van der Waals surface area contributed by atoms with E-state index in [-0.39, 0.29) is 0 Å². The lowest BCUT2D eigenvalue weighted by atomic mass is 10.3. The maximum atomic E-state index is 3.78. The Kier molecular flexibility index (Phi) is 5.30. The molecule has 0 N–H and O–H groups in total. The Morgan fingerprint density at radius 3 is 2.44 bits per heavy atom. The largest absolute Gasteiger partial charge is 0.161 e. The average Bonchev–Trinajstić information content (AvgIpc) is 1.82. The molecule has 0 heterocycles. The Morgan fingerprint density at radius 1 is 1.78 bits per heavy atom. The molecule has 0 aliphatic rings. The molecule has 0 saturated heterocycles. The number of hydrogen-bond acceptors (Lipinski definition) is 1. The van der Waals surface area contributed by atoms with Crippen LogP contribution in [0.5, 0.6) is 0 Å². The first-order chi connectivity index (χ1) is 4.22. The summed E-state index contributed by atoms with van der Waals surface area (Å²) in [5, 5.41) is 0.